The summed E-state index contributed by atoms with van der Waals surface area (Å²) in [6.07, 6.45) is 6.24. The van der Waals surface area contributed by atoms with Crippen LogP contribution < -0.4 is 0 Å². The third-order valence-electron chi connectivity index (χ3n) is 4.50. The van der Waals surface area contributed by atoms with Crippen LogP contribution >= 0.6 is 0 Å². The quantitative estimate of drug-likeness (QED) is 0.676. The summed E-state index contributed by atoms with van der Waals surface area (Å²) in [6.45, 7) is 14.8. The number of rotatable bonds is 3. The fourth-order valence-electron chi connectivity index (χ4n) is 3.21. The molecule has 0 saturated carbocycles. The van der Waals surface area contributed by atoms with Gasteiger partial charge in [-0.25, -0.2) is 0 Å². The van der Waals surface area contributed by atoms with Gasteiger partial charge >= 0.3 is 0 Å². The van der Waals surface area contributed by atoms with Gasteiger partial charge in [-0.2, -0.15) is 0 Å². The Labute approximate surface area is 100 Å². The van der Waals surface area contributed by atoms with Crippen LogP contribution in [0.2, 0.25) is 0 Å². The first-order valence-corrected chi connectivity index (χ1v) is 6.72. The number of hydrogen-bond donors (Lipinski definition) is 0. The molecule has 1 spiro atoms. The maximum absolute atomic E-state index is 3.83. The Hall–Kier alpha value is -0.340. The fourth-order valence-corrected chi connectivity index (χ4v) is 3.21. The molecule has 0 aliphatic carbocycles. The van der Waals surface area contributed by atoms with Crippen molar-refractivity contribution in [3.63, 3.8) is 0 Å². The number of likely N-dealkylation sites (tertiary alicyclic amines) is 2. The summed E-state index contributed by atoms with van der Waals surface area (Å²) in [4.78, 5) is 5.19. The SMILES string of the molecule is C=CCN1CCC2(CC1)CCN(C(C)C)C2. The van der Waals surface area contributed by atoms with Gasteiger partial charge in [0.2, 0.25) is 0 Å². The van der Waals surface area contributed by atoms with E-state index in [2.05, 4.69) is 30.2 Å². The first-order valence-electron chi connectivity index (χ1n) is 6.72. The van der Waals surface area contributed by atoms with E-state index in [4.69, 9.17) is 0 Å². The first kappa shape index (κ1) is 12.1. The lowest BCUT2D eigenvalue weighted by Crippen LogP contribution is -2.42. The van der Waals surface area contributed by atoms with Gasteiger partial charge in [-0.3, -0.25) is 4.90 Å². The summed E-state index contributed by atoms with van der Waals surface area (Å²) in [5.74, 6) is 0. The average Bonchev–Trinajstić information content (AvgIpc) is 2.67. The van der Waals surface area contributed by atoms with E-state index in [0.717, 1.165) is 12.6 Å². The van der Waals surface area contributed by atoms with Gasteiger partial charge in [-0.1, -0.05) is 6.08 Å². The Morgan fingerprint density at radius 3 is 2.31 bits per heavy atom. The van der Waals surface area contributed by atoms with E-state index in [0.29, 0.717) is 5.41 Å². The molecule has 92 valence electrons. The smallest absolute Gasteiger partial charge is 0.0160 e. The van der Waals surface area contributed by atoms with Crippen LogP contribution in [0.25, 0.3) is 0 Å². The molecule has 2 aliphatic heterocycles. The fraction of sp³-hybridized carbons (Fsp3) is 0.857. The molecule has 0 bridgehead atoms. The topological polar surface area (TPSA) is 6.48 Å². The molecule has 0 unspecified atom stereocenters. The molecule has 2 heterocycles. The summed E-state index contributed by atoms with van der Waals surface area (Å²) < 4.78 is 0. The lowest BCUT2D eigenvalue weighted by molar-refractivity contribution is 0.111. The van der Waals surface area contributed by atoms with Crippen molar-refractivity contribution < 1.29 is 0 Å². The highest BCUT2D eigenvalue weighted by molar-refractivity contribution is 4.95. The van der Waals surface area contributed by atoms with Crippen LogP contribution in [0.4, 0.5) is 0 Å². The molecular formula is C14H26N2. The van der Waals surface area contributed by atoms with Gasteiger partial charge in [0.05, 0.1) is 0 Å². The van der Waals surface area contributed by atoms with Gasteiger partial charge in [-0.05, 0) is 58.2 Å². The summed E-state index contributed by atoms with van der Waals surface area (Å²) in [5, 5.41) is 0. The molecular weight excluding hydrogens is 196 g/mol. The third-order valence-corrected chi connectivity index (χ3v) is 4.50. The molecule has 0 N–H and O–H groups in total. The van der Waals surface area contributed by atoms with E-state index in [-0.39, 0.29) is 0 Å². The molecule has 2 saturated heterocycles. The average molecular weight is 222 g/mol. The van der Waals surface area contributed by atoms with Crippen LogP contribution in [0.1, 0.15) is 33.1 Å². The Morgan fingerprint density at radius 2 is 1.81 bits per heavy atom. The van der Waals surface area contributed by atoms with Crippen LogP contribution in [0.15, 0.2) is 12.7 Å². The third kappa shape index (κ3) is 2.49. The highest BCUT2D eigenvalue weighted by Gasteiger charge is 2.40. The largest absolute Gasteiger partial charge is 0.300 e. The summed E-state index contributed by atoms with van der Waals surface area (Å²) in [6, 6.07) is 0.727. The molecule has 2 rings (SSSR count). The zero-order valence-electron chi connectivity index (χ0n) is 10.9. The second-order valence-corrected chi connectivity index (χ2v) is 5.90. The predicted octanol–water partition coefficient (Wildman–Crippen LogP) is 2.37. The molecule has 0 radical (unpaired) electrons. The minimum Gasteiger partial charge on any atom is -0.300 e. The van der Waals surface area contributed by atoms with E-state index in [1.807, 2.05) is 6.08 Å². The van der Waals surface area contributed by atoms with E-state index in [9.17, 15) is 0 Å². The maximum atomic E-state index is 3.83. The van der Waals surface area contributed by atoms with Crippen molar-refractivity contribution >= 4 is 0 Å². The highest BCUT2D eigenvalue weighted by Crippen LogP contribution is 2.40. The molecule has 0 amide bonds. The molecule has 2 heteroatoms. The van der Waals surface area contributed by atoms with E-state index < -0.39 is 0 Å². The second-order valence-electron chi connectivity index (χ2n) is 5.90. The number of piperidine rings is 1. The lowest BCUT2D eigenvalue weighted by atomic mass is 9.78. The minimum absolute atomic E-state index is 0.655. The van der Waals surface area contributed by atoms with Crippen molar-refractivity contribution in [2.45, 2.75) is 39.2 Å². The zero-order chi connectivity index (χ0) is 11.6. The Bertz CT molecular complexity index is 239. The highest BCUT2D eigenvalue weighted by atomic mass is 15.2. The van der Waals surface area contributed by atoms with E-state index in [1.165, 1.54) is 45.4 Å². The summed E-state index contributed by atoms with van der Waals surface area (Å²) in [7, 11) is 0. The summed E-state index contributed by atoms with van der Waals surface area (Å²) in [5.41, 5.74) is 0.655. The van der Waals surface area contributed by atoms with Gasteiger partial charge in [0, 0.05) is 19.1 Å². The lowest BCUT2D eigenvalue weighted by Gasteiger charge is -2.39. The normalized spacial score (nSPS) is 26.7. The molecule has 2 fully saturated rings. The van der Waals surface area contributed by atoms with Crippen LogP contribution in [0, 0.1) is 5.41 Å². The predicted molar refractivity (Wildman–Crippen MR) is 69.6 cm³/mol. The van der Waals surface area contributed by atoms with E-state index >= 15 is 0 Å². The van der Waals surface area contributed by atoms with Gasteiger partial charge in [0.15, 0.2) is 0 Å². The van der Waals surface area contributed by atoms with Gasteiger partial charge < -0.3 is 4.90 Å². The van der Waals surface area contributed by atoms with Crippen LogP contribution in [-0.2, 0) is 0 Å². The Kier molecular flexibility index (Phi) is 3.70. The monoisotopic (exact) mass is 222 g/mol. The van der Waals surface area contributed by atoms with Crippen LogP contribution in [-0.4, -0.2) is 48.6 Å². The molecule has 0 atom stereocenters. The van der Waals surface area contributed by atoms with E-state index in [1.54, 1.807) is 0 Å². The maximum Gasteiger partial charge on any atom is 0.0160 e. The van der Waals surface area contributed by atoms with Crippen molar-refractivity contribution in [2.75, 3.05) is 32.7 Å². The Balaban J connectivity index is 1.86. The van der Waals surface area contributed by atoms with Crippen molar-refractivity contribution in [2.24, 2.45) is 5.41 Å². The Morgan fingerprint density at radius 1 is 1.19 bits per heavy atom. The van der Waals surface area contributed by atoms with Crippen LogP contribution in [0.5, 0.6) is 0 Å². The van der Waals surface area contributed by atoms with Crippen molar-refractivity contribution in [3.05, 3.63) is 12.7 Å². The van der Waals surface area contributed by atoms with Gasteiger partial charge in [-0.15, -0.1) is 6.58 Å². The molecule has 0 aromatic heterocycles. The standard InChI is InChI=1S/C14H26N2/c1-4-8-15-9-5-14(6-10-15)7-11-16(12-14)13(2)3/h4,13H,1,5-12H2,2-3H3. The summed E-state index contributed by atoms with van der Waals surface area (Å²) >= 11 is 0. The minimum atomic E-state index is 0.655. The van der Waals surface area contributed by atoms with Crippen molar-refractivity contribution in [1.29, 1.82) is 0 Å². The van der Waals surface area contributed by atoms with Crippen LogP contribution in [0.3, 0.4) is 0 Å². The molecule has 2 aliphatic rings. The molecule has 0 aromatic rings. The molecule has 2 nitrogen and oxygen atoms in total. The molecule has 16 heavy (non-hydrogen) atoms. The number of hydrogen-bond acceptors (Lipinski definition) is 2. The molecule has 0 aromatic carbocycles. The zero-order valence-corrected chi connectivity index (χ0v) is 10.9. The van der Waals surface area contributed by atoms with Crippen molar-refractivity contribution in [1.82, 2.24) is 9.80 Å². The van der Waals surface area contributed by atoms with Crippen molar-refractivity contribution in [3.8, 4) is 0 Å². The van der Waals surface area contributed by atoms with Gasteiger partial charge in [0.25, 0.3) is 0 Å². The van der Waals surface area contributed by atoms with Gasteiger partial charge in [0.1, 0.15) is 0 Å². The number of nitrogens with zero attached hydrogens (tertiary/aromatic N) is 2. The second kappa shape index (κ2) is 4.89. The first-order chi connectivity index (χ1) is 7.65.